The zero-order valence-electron chi connectivity index (χ0n) is 5.98. The maximum Gasteiger partial charge on any atom is 0.159 e. The Morgan fingerprint density at radius 2 is 2.00 bits per heavy atom. The van der Waals surface area contributed by atoms with Gasteiger partial charge in [0.05, 0.1) is 11.3 Å². The summed E-state index contributed by atoms with van der Waals surface area (Å²) in [4.78, 5) is 0. The molecule has 1 heterocycles. The summed E-state index contributed by atoms with van der Waals surface area (Å²) in [6, 6.07) is 5.15. The molecule has 2 N–H and O–H groups in total. The number of nitriles is 1. The first-order chi connectivity index (χ1) is 5.83. The van der Waals surface area contributed by atoms with E-state index in [1.807, 2.05) is 6.07 Å². The number of fused-ring (bicyclic) bond motifs is 1. The van der Waals surface area contributed by atoms with Crippen LogP contribution in [0.4, 0.5) is 5.69 Å². The summed E-state index contributed by atoms with van der Waals surface area (Å²) < 4.78 is 4.46. The third-order valence-corrected chi connectivity index (χ3v) is 1.57. The number of rotatable bonds is 0. The van der Waals surface area contributed by atoms with Crippen LogP contribution in [0.1, 0.15) is 13.0 Å². The molecule has 0 amide bonds. The number of anilines is 1. The number of nitrogens with two attached hydrogens (primary N) is 1. The van der Waals surface area contributed by atoms with Gasteiger partial charge in [-0.15, -0.1) is 0 Å². The smallest absolute Gasteiger partial charge is 0.159 e. The highest BCUT2D eigenvalue weighted by Gasteiger charge is 2.08. The van der Waals surface area contributed by atoms with E-state index in [-0.39, 0.29) is 7.43 Å². The fourth-order valence-corrected chi connectivity index (χ4v) is 0.976. The minimum Gasteiger partial charge on any atom is -0.397 e. The predicted molar refractivity (Wildman–Crippen MR) is 47.7 cm³/mol. The van der Waals surface area contributed by atoms with Crippen LogP contribution in [0.2, 0.25) is 0 Å². The minimum absolute atomic E-state index is 0. The first kappa shape index (κ1) is 9.00. The van der Waals surface area contributed by atoms with Gasteiger partial charge in [0, 0.05) is 0 Å². The van der Waals surface area contributed by atoms with Gasteiger partial charge in [0.15, 0.2) is 11.0 Å². The van der Waals surface area contributed by atoms with E-state index in [0.29, 0.717) is 22.3 Å². The van der Waals surface area contributed by atoms with Gasteiger partial charge in [-0.3, -0.25) is 0 Å². The summed E-state index contributed by atoms with van der Waals surface area (Å²) in [5.74, 6) is 0. The van der Waals surface area contributed by atoms with Crippen molar-refractivity contribution in [1.29, 1.82) is 5.26 Å². The highest BCUT2D eigenvalue weighted by atomic mass is 16.6. The Hall–Kier alpha value is -2.09. The minimum atomic E-state index is 0. The van der Waals surface area contributed by atoms with Crippen molar-refractivity contribution >= 4 is 16.7 Å². The van der Waals surface area contributed by atoms with Crippen LogP contribution in [0.5, 0.6) is 0 Å². The van der Waals surface area contributed by atoms with Crippen molar-refractivity contribution in [2.24, 2.45) is 0 Å². The molecule has 0 radical (unpaired) electrons. The van der Waals surface area contributed by atoms with Gasteiger partial charge in [-0.25, -0.2) is 4.63 Å². The van der Waals surface area contributed by atoms with E-state index in [2.05, 4.69) is 14.9 Å². The van der Waals surface area contributed by atoms with Gasteiger partial charge >= 0.3 is 0 Å². The fourth-order valence-electron chi connectivity index (χ4n) is 0.976. The van der Waals surface area contributed by atoms with Gasteiger partial charge in [-0.2, -0.15) is 5.26 Å². The second kappa shape index (κ2) is 3.11. The largest absolute Gasteiger partial charge is 0.397 e. The van der Waals surface area contributed by atoms with Crippen molar-refractivity contribution in [1.82, 2.24) is 10.3 Å². The van der Waals surface area contributed by atoms with E-state index in [1.165, 1.54) is 0 Å². The lowest BCUT2D eigenvalue weighted by molar-refractivity contribution is 0.315. The molecule has 66 valence electrons. The number of nitrogens with zero attached hydrogens (tertiary/aromatic N) is 3. The first-order valence-electron chi connectivity index (χ1n) is 3.24. The molecular weight excluding hydrogens is 168 g/mol. The normalized spacial score (nSPS) is 9.15. The summed E-state index contributed by atoms with van der Waals surface area (Å²) in [6.45, 7) is 0. The van der Waals surface area contributed by atoms with Gasteiger partial charge < -0.3 is 5.73 Å². The number of benzene rings is 1. The molecule has 5 heteroatoms. The molecule has 0 atom stereocenters. The Morgan fingerprint density at radius 1 is 1.31 bits per heavy atom. The van der Waals surface area contributed by atoms with Gasteiger partial charge in [-0.05, 0) is 22.4 Å². The maximum absolute atomic E-state index is 8.64. The Labute approximate surface area is 74.7 Å². The quantitative estimate of drug-likeness (QED) is 0.611. The van der Waals surface area contributed by atoms with Gasteiger partial charge in [0.2, 0.25) is 0 Å². The zero-order chi connectivity index (χ0) is 8.55. The highest BCUT2D eigenvalue weighted by Crippen LogP contribution is 2.19. The Morgan fingerprint density at radius 3 is 2.69 bits per heavy atom. The van der Waals surface area contributed by atoms with Crippen molar-refractivity contribution < 1.29 is 4.63 Å². The molecule has 1 aromatic carbocycles. The third-order valence-electron chi connectivity index (χ3n) is 1.57. The molecule has 0 aliphatic rings. The van der Waals surface area contributed by atoms with Crippen molar-refractivity contribution in [2.75, 3.05) is 5.73 Å². The zero-order valence-corrected chi connectivity index (χ0v) is 5.98. The summed E-state index contributed by atoms with van der Waals surface area (Å²) in [7, 11) is 0. The van der Waals surface area contributed by atoms with Crippen molar-refractivity contribution in [3.05, 3.63) is 17.7 Å². The van der Waals surface area contributed by atoms with E-state index >= 15 is 0 Å². The molecule has 0 bridgehead atoms. The molecule has 13 heavy (non-hydrogen) atoms. The van der Waals surface area contributed by atoms with Crippen molar-refractivity contribution in [2.45, 2.75) is 7.43 Å². The van der Waals surface area contributed by atoms with Gasteiger partial charge in [-0.1, -0.05) is 7.43 Å². The lowest BCUT2D eigenvalue weighted by Gasteiger charge is -1.91. The molecule has 0 fully saturated rings. The predicted octanol–water partition coefficient (Wildman–Crippen LogP) is 1.31. The average Bonchev–Trinajstić information content (AvgIpc) is 2.54. The number of nitrogen functional groups attached to an aromatic ring is 1. The highest BCUT2D eigenvalue weighted by molar-refractivity contribution is 5.89. The van der Waals surface area contributed by atoms with Crippen LogP contribution >= 0.6 is 0 Å². The summed E-state index contributed by atoms with van der Waals surface area (Å²) in [5, 5.41) is 15.8. The topological polar surface area (TPSA) is 88.7 Å². The van der Waals surface area contributed by atoms with E-state index in [1.54, 1.807) is 12.1 Å². The van der Waals surface area contributed by atoms with E-state index in [9.17, 15) is 0 Å². The summed E-state index contributed by atoms with van der Waals surface area (Å²) in [6.07, 6.45) is 0. The molecule has 1 aromatic heterocycles. The lowest BCUT2D eigenvalue weighted by Crippen LogP contribution is -1.87. The van der Waals surface area contributed by atoms with E-state index < -0.39 is 0 Å². The van der Waals surface area contributed by atoms with Crippen molar-refractivity contribution in [3.63, 3.8) is 0 Å². The number of aromatic nitrogens is 2. The Kier molecular flexibility index (Phi) is 2.15. The SMILES string of the molecule is C.N#Cc1ccc(N)c2nonc12. The Bertz CT molecular complexity index is 468. The molecule has 0 saturated heterocycles. The summed E-state index contributed by atoms with van der Waals surface area (Å²) >= 11 is 0. The van der Waals surface area contributed by atoms with Crippen molar-refractivity contribution in [3.8, 4) is 6.07 Å². The monoisotopic (exact) mass is 176 g/mol. The second-order valence-corrected chi connectivity index (χ2v) is 2.28. The van der Waals surface area contributed by atoms with Crippen LogP contribution in [0.15, 0.2) is 16.8 Å². The van der Waals surface area contributed by atoms with E-state index in [0.717, 1.165) is 0 Å². The molecule has 0 unspecified atom stereocenters. The first-order valence-corrected chi connectivity index (χ1v) is 3.24. The molecule has 5 nitrogen and oxygen atoms in total. The van der Waals surface area contributed by atoms with Crippen LogP contribution in [0, 0.1) is 11.3 Å². The van der Waals surface area contributed by atoms with Gasteiger partial charge in [0.25, 0.3) is 0 Å². The maximum atomic E-state index is 8.64. The molecule has 2 aromatic rings. The Balaban J connectivity index is 0.000000845. The molecule has 0 aliphatic carbocycles. The summed E-state index contributed by atoms with van der Waals surface area (Å²) in [5.41, 5.74) is 7.29. The van der Waals surface area contributed by atoms with Crippen LogP contribution in [-0.2, 0) is 0 Å². The molecule has 0 aliphatic heterocycles. The number of hydrogen-bond acceptors (Lipinski definition) is 5. The fraction of sp³-hybridized carbons (Fsp3) is 0.125. The van der Waals surface area contributed by atoms with Crippen LogP contribution in [-0.4, -0.2) is 10.3 Å². The van der Waals surface area contributed by atoms with E-state index in [4.69, 9.17) is 11.0 Å². The third kappa shape index (κ3) is 1.18. The molecule has 0 spiro atoms. The second-order valence-electron chi connectivity index (χ2n) is 2.28. The molecule has 0 saturated carbocycles. The molecular formula is C8H8N4O. The average molecular weight is 176 g/mol. The van der Waals surface area contributed by atoms with Gasteiger partial charge in [0.1, 0.15) is 6.07 Å². The van der Waals surface area contributed by atoms with Crippen LogP contribution < -0.4 is 5.73 Å². The lowest BCUT2D eigenvalue weighted by atomic mass is 10.2. The number of hydrogen-bond donors (Lipinski definition) is 1. The molecule has 2 rings (SSSR count). The van der Waals surface area contributed by atoms with Crippen LogP contribution in [0.3, 0.4) is 0 Å². The standard InChI is InChI=1S/C7H4N4O.CH4/c8-3-4-1-2-5(9)7-6(4)10-12-11-7;/h1-2H,9H2;1H4. The van der Waals surface area contributed by atoms with Crippen LogP contribution in [0.25, 0.3) is 11.0 Å².